The maximum atomic E-state index is 11.9. The molecule has 15 heavy (non-hydrogen) atoms. The fraction of sp³-hybridized carbons (Fsp3) is 1.00. The van der Waals surface area contributed by atoms with Crippen LogP contribution in [0.2, 0.25) is 0 Å². The molecular weight excluding hydrogens is 205 g/mol. The zero-order chi connectivity index (χ0) is 11.3. The van der Waals surface area contributed by atoms with Crippen molar-refractivity contribution in [3.63, 3.8) is 0 Å². The molecule has 0 radical (unpaired) electrons. The molecule has 1 fully saturated rings. The molecule has 0 bridgehead atoms. The van der Waals surface area contributed by atoms with Crippen molar-refractivity contribution < 1.29 is 13.2 Å². The SMILES string of the molecule is CN(CCCCNC1CC1)CC(F)(F)F. The van der Waals surface area contributed by atoms with Crippen LogP contribution in [0.15, 0.2) is 0 Å². The van der Waals surface area contributed by atoms with Crippen LogP contribution < -0.4 is 5.32 Å². The summed E-state index contributed by atoms with van der Waals surface area (Å²) in [5, 5.41) is 3.34. The Morgan fingerprint density at radius 1 is 1.27 bits per heavy atom. The molecule has 0 spiro atoms. The Morgan fingerprint density at radius 2 is 1.93 bits per heavy atom. The molecule has 0 aromatic heterocycles. The van der Waals surface area contributed by atoms with Crippen molar-refractivity contribution in [2.45, 2.75) is 37.9 Å². The Kier molecular flexibility index (Phi) is 4.86. The lowest BCUT2D eigenvalue weighted by Gasteiger charge is -2.18. The third-order valence-corrected chi connectivity index (χ3v) is 2.43. The summed E-state index contributed by atoms with van der Waals surface area (Å²) >= 11 is 0. The molecule has 1 N–H and O–H groups in total. The van der Waals surface area contributed by atoms with Gasteiger partial charge >= 0.3 is 6.18 Å². The third-order valence-electron chi connectivity index (χ3n) is 2.43. The van der Waals surface area contributed by atoms with E-state index >= 15 is 0 Å². The van der Waals surface area contributed by atoms with Gasteiger partial charge in [-0.3, -0.25) is 4.90 Å². The minimum absolute atomic E-state index is 0.520. The first-order chi connectivity index (χ1) is 6.97. The van der Waals surface area contributed by atoms with E-state index in [4.69, 9.17) is 0 Å². The smallest absolute Gasteiger partial charge is 0.314 e. The van der Waals surface area contributed by atoms with Crippen molar-refractivity contribution in [2.75, 3.05) is 26.7 Å². The van der Waals surface area contributed by atoms with Crippen LogP contribution in [-0.2, 0) is 0 Å². The summed E-state index contributed by atoms with van der Waals surface area (Å²) in [5.41, 5.74) is 0. The first kappa shape index (κ1) is 12.8. The molecule has 0 aromatic rings. The number of nitrogens with zero attached hydrogens (tertiary/aromatic N) is 1. The molecule has 0 aliphatic heterocycles. The highest BCUT2D eigenvalue weighted by Crippen LogP contribution is 2.18. The van der Waals surface area contributed by atoms with Crippen molar-refractivity contribution in [2.24, 2.45) is 0 Å². The van der Waals surface area contributed by atoms with E-state index in [2.05, 4.69) is 5.32 Å². The molecule has 0 atom stereocenters. The van der Waals surface area contributed by atoms with Crippen molar-refractivity contribution in [3.8, 4) is 0 Å². The monoisotopic (exact) mass is 224 g/mol. The van der Waals surface area contributed by atoms with Crippen molar-refractivity contribution in [1.29, 1.82) is 0 Å². The van der Waals surface area contributed by atoms with Gasteiger partial charge in [-0.1, -0.05) is 0 Å². The van der Waals surface area contributed by atoms with Gasteiger partial charge in [0.25, 0.3) is 0 Å². The van der Waals surface area contributed by atoms with Crippen LogP contribution in [0.1, 0.15) is 25.7 Å². The lowest BCUT2D eigenvalue weighted by Crippen LogP contribution is -2.32. The van der Waals surface area contributed by atoms with Crippen molar-refractivity contribution >= 4 is 0 Å². The number of alkyl halides is 3. The predicted molar refractivity (Wildman–Crippen MR) is 53.8 cm³/mol. The molecule has 0 saturated heterocycles. The van der Waals surface area contributed by atoms with E-state index in [1.54, 1.807) is 0 Å². The van der Waals surface area contributed by atoms with Gasteiger partial charge in [0.1, 0.15) is 0 Å². The largest absolute Gasteiger partial charge is 0.401 e. The minimum Gasteiger partial charge on any atom is -0.314 e. The summed E-state index contributed by atoms with van der Waals surface area (Å²) in [5.74, 6) is 0. The Morgan fingerprint density at radius 3 is 2.47 bits per heavy atom. The first-order valence-corrected chi connectivity index (χ1v) is 5.46. The van der Waals surface area contributed by atoms with Gasteiger partial charge in [0.15, 0.2) is 0 Å². The van der Waals surface area contributed by atoms with Crippen LogP contribution in [-0.4, -0.2) is 43.8 Å². The lowest BCUT2D eigenvalue weighted by molar-refractivity contribution is -0.143. The second-order valence-electron chi connectivity index (χ2n) is 4.29. The summed E-state index contributed by atoms with van der Waals surface area (Å²) in [6.07, 6.45) is 0.230. The molecule has 0 aromatic carbocycles. The zero-order valence-electron chi connectivity index (χ0n) is 9.11. The van der Waals surface area contributed by atoms with E-state index in [0.717, 1.165) is 19.4 Å². The topological polar surface area (TPSA) is 15.3 Å². The highest BCUT2D eigenvalue weighted by atomic mass is 19.4. The normalized spacial score (nSPS) is 17.4. The van der Waals surface area contributed by atoms with E-state index in [0.29, 0.717) is 12.6 Å². The Labute approximate surface area is 88.8 Å². The average molecular weight is 224 g/mol. The second kappa shape index (κ2) is 5.70. The molecular formula is C10H19F3N2. The van der Waals surface area contributed by atoms with Gasteiger partial charge < -0.3 is 5.32 Å². The number of rotatable bonds is 7. The maximum absolute atomic E-state index is 11.9. The van der Waals surface area contributed by atoms with Gasteiger partial charge in [0.2, 0.25) is 0 Å². The minimum atomic E-state index is -4.07. The number of nitrogens with one attached hydrogen (secondary N) is 1. The van der Waals surface area contributed by atoms with E-state index < -0.39 is 12.7 Å². The van der Waals surface area contributed by atoms with E-state index in [1.807, 2.05) is 0 Å². The number of unbranched alkanes of at least 4 members (excludes halogenated alkanes) is 1. The fourth-order valence-corrected chi connectivity index (χ4v) is 1.49. The highest BCUT2D eigenvalue weighted by Gasteiger charge is 2.28. The van der Waals surface area contributed by atoms with Gasteiger partial charge in [0, 0.05) is 6.04 Å². The molecule has 1 saturated carbocycles. The summed E-state index contributed by atoms with van der Waals surface area (Å²) in [7, 11) is 1.52. The van der Waals surface area contributed by atoms with Gasteiger partial charge in [-0.25, -0.2) is 0 Å². The van der Waals surface area contributed by atoms with E-state index in [-0.39, 0.29) is 0 Å². The number of hydrogen-bond donors (Lipinski definition) is 1. The molecule has 0 amide bonds. The summed E-state index contributed by atoms with van der Waals surface area (Å²) in [6, 6.07) is 0.693. The highest BCUT2D eigenvalue weighted by molar-refractivity contribution is 4.80. The molecule has 90 valence electrons. The summed E-state index contributed by atoms with van der Waals surface area (Å²) in [4.78, 5) is 1.33. The maximum Gasteiger partial charge on any atom is 0.401 e. The zero-order valence-corrected chi connectivity index (χ0v) is 9.11. The Balaban J connectivity index is 1.89. The number of halogens is 3. The van der Waals surface area contributed by atoms with Crippen molar-refractivity contribution in [3.05, 3.63) is 0 Å². The second-order valence-corrected chi connectivity index (χ2v) is 4.29. The van der Waals surface area contributed by atoms with E-state index in [1.165, 1.54) is 24.8 Å². The number of hydrogen-bond acceptors (Lipinski definition) is 2. The quantitative estimate of drug-likeness (QED) is 0.665. The van der Waals surface area contributed by atoms with Crippen LogP contribution in [0.4, 0.5) is 13.2 Å². The van der Waals surface area contributed by atoms with Gasteiger partial charge in [-0.2, -0.15) is 13.2 Å². The van der Waals surface area contributed by atoms with Crippen molar-refractivity contribution in [1.82, 2.24) is 10.2 Å². The molecule has 0 unspecified atom stereocenters. The Bertz CT molecular complexity index is 178. The molecule has 0 heterocycles. The standard InChI is InChI=1S/C10H19F3N2/c1-15(8-10(11,12)13)7-3-2-6-14-9-4-5-9/h9,14H,2-8H2,1H3. The summed E-state index contributed by atoms with van der Waals surface area (Å²) < 4.78 is 35.8. The first-order valence-electron chi connectivity index (χ1n) is 5.46. The molecule has 1 rings (SSSR count). The van der Waals surface area contributed by atoms with Crippen LogP contribution in [0.5, 0.6) is 0 Å². The predicted octanol–water partition coefficient (Wildman–Crippen LogP) is 2.01. The lowest BCUT2D eigenvalue weighted by atomic mass is 10.3. The van der Waals surface area contributed by atoms with Gasteiger partial charge in [-0.15, -0.1) is 0 Å². The molecule has 1 aliphatic carbocycles. The molecule has 2 nitrogen and oxygen atoms in total. The van der Waals surface area contributed by atoms with Crippen LogP contribution in [0.3, 0.4) is 0 Å². The van der Waals surface area contributed by atoms with Gasteiger partial charge in [0.05, 0.1) is 6.54 Å². The third kappa shape index (κ3) is 7.62. The molecule has 5 heteroatoms. The fourth-order valence-electron chi connectivity index (χ4n) is 1.49. The van der Waals surface area contributed by atoms with Gasteiger partial charge in [-0.05, 0) is 45.8 Å². The van der Waals surface area contributed by atoms with Crippen LogP contribution in [0, 0.1) is 0 Å². The van der Waals surface area contributed by atoms with Crippen LogP contribution >= 0.6 is 0 Å². The molecule has 1 aliphatic rings. The average Bonchev–Trinajstić information content (AvgIpc) is 2.83. The van der Waals surface area contributed by atoms with E-state index in [9.17, 15) is 13.2 Å². The summed E-state index contributed by atoms with van der Waals surface area (Å²) in [6.45, 7) is 0.652. The van der Waals surface area contributed by atoms with Crippen LogP contribution in [0.25, 0.3) is 0 Å². The Hall–Kier alpha value is -0.290.